The topological polar surface area (TPSA) is 86.4 Å². The minimum absolute atomic E-state index is 0.210. The van der Waals surface area contributed by atoms with Crippen LogP contribution in [0.5, 0.6) is 0 Å². The van der Waals surface area contributed by atoms with Crippen molar-refractivity contribution in [2.45, 2.75) is 19.5 Å². The first-order chi connectivity index (χ1) is 13.2. The number of hydrogen-bond donors (Lipinski definition) is 1. The monoisotopic (exact) mass is 420 g/mol. The van der Waals surface area contributed by atoms with Gasteiger partial charge in [0.2, 0.25) is 15.9 Å². The third kappa shape index (κ3) is 4.28. The fourth-order valence-electron chi connectivity index (χ4n) is 3.11. The molecule has 0 bridgehead atoms. The summed E-state index contributed by atoms with van der Waals surface area (Å²) in [6.07, 6.45) is 1.09. The molecule has 1 unspecified atom stereocenters. The second kappa shape index (κ2) is 7.81. The van der Waals surface area contributed by atoms with Crippen LogP contribution in [0.15, 0.2) is 48.5 Å². The number of sulfonamides is 1. The summed E-state index contributed by atoms with van der Waals surface area (Å²) in [6, 6.07) is 13.0. The van der Waals surface area contributed by atoms with Crippen molar-refractivity contribution < 1.29 is 13.2 Å². The van der Waals surface area contributed by atoms with Crippen LogP contribution in [0, 0.1) is 0 Å². The SMILES string of the molecule is CC(C(=O)N(C)Cc1nc2ccc(Cl)cc2[nH]1)N(c1ccccc1)S(C)(=O)=O. The van der Waals surface area contributed by atoms with Gasteiger partial charge >= 0.3 is 0 Å². The summed E-state index contributed by atoms with van der Waals surface area (Å²) in [5.74, 6) is 0.249. The van der Waals surface area contributed by atoms with Gasteiger partial charge in [0.15, 0.2) is 0 Å². The fourth-order valence-corrected chi connectivity index (χ4v) is 4.45. The molecule has 7 nitrogen and oxygen atoms in total. The lowest BCUT2D eigenvalue weighted by Crippen LogP contribution is -2.48. The van der Waals surface area contributed by atoms with Crippen molar-refractivity contribution in [3.05, 3.63) is 59.4 Å². The molecule has 0 spiro atoms. The Bertz CT molecular complexity index is 1100. The van der Waals surface area contributed by atoms with Crippen molar-refractivity contribution in [3.8, 4) is 0 Å². The molecule has 148 valence electrons. The maximum atomic E-state index is 12.9. The van der Waals surface area contributed by atoms with E-state index < -0.39 is 16.1 Å². The summed E-state index contributed by atoms with van der Waals surface area (Å²) in [5, 5.41) is 0.590. The highest BCUT2D eigenvalue weighted by atomic mass is 35.5. The molecule has 0 saturated heterocycles. The number of rotatable bonds is 6. The molecule has 28 heavy (non-hydrogen) atoms. The maximum absolute atomic E-state index is 12.9. The van der Waals surface area contributed by atoms with Crippen LogP contribution in [0.1, 0.15) is 12.7 Å². The molecule has 1 aromatic heterocycles. The second-order valence-electron chi connectivity index (χ2n) is 6.61. The number of halogens is 1. The van der Waals surface area contributed by atoms with Crippen LogP contribution in [0.25, 0.3) is 11.0 Å². The quantitative estimate of drug-likeness (QED) is 0.664. The smallest absolute Gasteiger partial charge is 0.246 e. The van der Waals surface area contributed by atoms with Crippen molar-refractivity contribution in [1.82, 2.24) is 14.9 Å². The molecular weight excluding hydrogens is 400 g/mol. The Morgan fingerprint density at radius 2 is 1.89 bits per heavy atom. The minimum Gasteiger partial charge on any atom is -0.340 e. The van der Waals surface area contributed by atoms with E-state index in [2.05, 4.69) is 9.97 Å². The Balaban J connectivity index is 1.82. The minimum atomic E-state index is -3.65. The first kappa shape index (κ1) is 20.2. The van der Waals surface area contributed by atoms with E-state index in [1.54, 1.807) is 62.5 Å². The molecule has 1 amide bonds. The number of para-hydroxylation sites is 1. The number of nitrogens with zero attached hydrogens (tertiary/aromatic N) is 3. The molecule has 0 fully saturated rings. The van der Waals surface area contributed by atoms with E-state index in [1.807, 2.05) is 0 Å². The second-order valence-corrected chi connectivity index (χ2v) is 8.91. The van der Waals surface area contributed by atoms with Crippen LogP contribution in [-0.2, 0) is 21.4 Å². The maximum Gasteiger partial charge on any atom is 0.246 e. The number of carbonyl (C=O) groups is 1. The van der Waals surface area contributed by atoms with E-state index in [-0.39, 0.29) is 12.5 Å². The van der Waals surface area contributed by atoms with Gasteiger partial charge in [-0.05, 0) is 37.3 Å². The number of anilines is 1. The Morgan fingerprint density at radius 1 is 1.21 bits per heavy atom. The largest absolute Gasteiger partial charge is 0.340 e. The number of likely N-dealkylation sites (N-methyl/N-ethyl adjacent to an activating group) is 1. The first-order valence-electron chi connectivity index (χ1n) is 8.60. The number of carbonyl (C=O) groups excluding carboxylic acids is 1. The van der Waals surface area contributed by atoms with Crippen LogP contribution < -0.4 is 4.31 Å². The molecular formula is C19H21ClN4O3S. The summed E-state index contributed by atoms with van der Waals surface area (Å²) in [6.45, 7) is 1.78. The molecule has 0 radical (unpaired) electrons. The first-order valence-corrected chi connectivity index (χ1v) is 10.8. The number of fused-ring (bicyclic) bond motifs is 1. The predicted octanol–water partition coefficient (Wildman–Crippen LogP) is 3.03. The molecule has 3 aromatic rings. The lowest BCUT2D eigenvalue weighted by Gasteiger charge is -2.30. The standard InChI is InChI=1S/C19H21ClN4O3S/c1-13(24(28(3,26)27)15-7-5-4-6-8-15)19(25)23(2)12-18-21-16-10-9-14(20)11-17(16)22-18/h4-11,13H,12H2,1-3H3,(H,21,22). The molecule has 1 heterocycles. The molecule has 0 saturated carbocycles. The number of H-pyrrole nitrogens is 1. The van der Waals surface area contributed by atoms with Crippen LogP contribution >= 0.6 is 11.6 Å². The predicted molar refractivity (Wildman–Crippen MR) is 111 cm³/mol. The van der Waals surface area contributed by atoms with Crippen molar-refractivity contribution in [2.75, 3.05) is 17.6 Å². The fraction of sp³-hybridized carbons (Fsp3) is 0.263. The van der Waals surface area contributed by atoms with Crippen LogP contribution in [-0.4, -0.2) is 48.5 Å². The summed E-state index contributed by atoms with van der Waals surface area (Å²) >= 11 is 5.99. The van der Waals surface area contributed by atoms with Crippen LogP contribution in [0.4, 0.5) is 5.69 Å². The summed E-state index contributed by atoms with van der Waals surface area (Å²) in [4.78, 5) is 22.0. The number of imidazole rings is 1. The average Bonchev–Trinajstić information content (AvgIpc) is 3.02. The molecule has 2 aromatic carbocycles. The van der Waals surface area contributed by atoms with Gasteiger partial charge in [0, 0.05) is 12.1 Å². The zero-order chi connectivity index (χ0) is 20.5. The van der Waals surface area contributed by atoms with Gasteiger partial charge in [-0.1, -0.05) is 29.8 Å². The summed E-state index contributed by atoms with van der Waals surface area (Å²) in [5.41, 5.74) is 1.96. The number of aromatic nitrogens is 2. The number of amides is 1. The highest BCUT2D eigenvalue weighted by Crippen LogP contribution is 2.22. The number of aromatic amines is 1. The van der Waals surface area contributed by atoms with Gasteiger partial charge in [-0.25, -0.2) is 13.4 Å². The molecule has 1 atom stereocenters. The lowest BCUT2D eigenvalue weighted by atomic mass is 10.2. The van der Waals surface area contributed by atoms with E-state index in [1.165, 1.54) is 4.90 Å². The highest BCUT2D eigenvalue weighted by molar-refractivity contribution is 7.92. The number of hydrogen-bond acceptors (Lipinski definition) is 4. The normalized spacial score (nSPS) is 12.7. The zero-order valence-electron chi connectivity index (χ0n) is 15.8. The third-order valence-corrected chi connectivity index (χ3v) is 5.81. The number of benzene rings is 2. The number of nitrogens with one attached hydrogen (secondary N) is 1. The van der Waals surface area contributed by atoms with Crippen molar-refractivity contribution in [1.29, 1.82) is 0 Å². The highest BCUT2D eigenvalue weighted by Gasteiger charge is 2.31. The van der Waals surface area contributed by atoms with Gasteiger partial charge in [-0.15, -0.1) is 0 Å². The van der Waals surface area contributed by atoms with Crippen molar-refractivity contribution in [2.24, 2.45) is 0 Å². The molecule has 9 heteroatoms. The Labute approximate surface area is 169 Å². The Kier molecular flexibility index (Phi) is 5.62. The summed E-state index contributed by atoms with van der Waals surface area (Å²) in [7, 11) is -2.03. The van der Waals surface area contributed by atoms with Crippen LogP contribution in [0.3, 0.4) is 0 Å². The van der Waals surface area contributed by atoms with E-state index >= 15 is 0 Å². The molecule has 0 aliphatic carbocycles. The van der Waals surface area contributed by atoms with E-state index in [0.29, 0.717) is 16.5 Å². The van der Waals surface area contributed by atoms with Gasteiger partial charge < -0.3 is 9.88 Å². The van der Waals surface area contributed by atoms with E-state index in [4.69, 9.17) is 11.6 Å². The zero-order valence-corrected chi connectivity index (χ0v) is 17.3. The average molecular weight is 421 g/mol. The van der Waals surface area contributed by atoms with E-state index in [9.17, 15) is 13.2 Å². The molecule has 3 rings (SSSR count). The Hall–Kier alpha value is -2.58. The van der Waals surface area contributed by atoms with Gasteiger partial charge in [0.05, 0.1) is 29.5 Å². The third-order valence-electron chi connectivity index (χ3n) is 4.33. The van der Waals surface area contributed by atoms with Gasteiger partial charge in [0.1, 0.15) is 11.9 Å². The molecule has 1 N–H and O–H groups in total. The van der Waals surface area contributed by atoms with Gasteiger partial charge in [-0.3, -0.25) is 9.10 Å². The Morgan fingerprint density at radius 3 is 2.54 bits per heavy atom. The molecule has 0 aliphatic rings. The molecule has 0 aliphatic heterocycles. The van der Waals surface area contributed by atoms with Crippen LogP contribution in [0.2, 0.25) is 5.02 Å². The van der Waals surface area contributed by atoms with Gasteiger partial charge in [-0.2, -0.15) is 0 Å². The van der Waals surface area contributed by atoms with Crippen molar-refractivity contribution in [3.63, 3.8) is 0 Å². The van der Waals surface area contributed by atoms with Gasteiger partial charge in [0.25, 0.3) is 0 Å². The summed E-state index contributed by atoms with van der Waals surface area (Å²) < 4.78 is 25.8. The lowest BCUT2D eigenvalue weighted by molar-refractivity contribution is -0.131. The van der Waals surface area contributed by atoms with Crippen molar-refractivity contribution >= 4 is 44.3 Å². The van der Waals surface area contributed by atoms with E-state index in [0.717, 1.165) is 21.6 Å².